The molecule has 1 aromatic rings. The van der Waals surface area contributed by atoms with Crippen molar-refractivity contribution in [3.63, 3.8) is 0 Å². The summed E-state index contributed by atoms with van der Waals surface area (Å²) in [5.41, 5.74) is 9.00. The van der Waals surface area contributed by atoms with E-state index in [-0.39, 0.29) is 12.5 Å². The van der Waals surface area contributed by atoms with Crippen LogP contribution in [0.1, 0.15) is 35.6 Å². The molecule has 4 nitrogen and oxygen atoms in total. The van der Waals surface area contributed by atoms with Crippen molar-refractivity contribution in [1.29, 1.82) is 0 Å². The summed E-state index contributed by atoms with van der Waals surface area (Å²) < 4.78 is 5.32. The molecule has 0 spiro atoms. The highest BCUT2D eigenvalue weighted by Crippen LogP contribution is 2.30. The second kappa shape index (κ2) is 5.68. The Hall–Kier alpha value is -1.55. The van der Waals surface area contributed by atoms with E-state index in [1.165, 1.54) is 0 Å². The molecule has 0 saturated heterocycles. The molecule has 0 bridgehead atoms. The molecule has 0 amide bonds. The molecule has 1 unspecified atom stereocenters. The Morgan fingerprint density at radius 3 is 2.65 bits per heavy atom. The van der Waals surface area contributed by atoms with Gasteiger partial charge in [0.1, 0.15) is 5.75 Å². The topological polar surface area (TPSA) is 72.5 Å². The van der Waals surface area contributed by atoms with Crippen molar-refractivity contribution in [2.75, 3.05) is 7.11 Å². The molecular formula is C13H19NO3. The second-order valence-corrected chi connectivity index (χ2v) is 4.17. The van der Waals surface area contributed by atoms with Gasteiger partial charge in [-0.2, -0.15) is 0 Å². The Bertz CT molecular complexity index is 415. The van der Waals surface area contributed by atoms with Gasteiger partial charge in [0.05, 0.1) is 7.11 Å². The van der Waals surface area contributed by atoms with E-state index in [1.807, 2.05) is 26.0 Å². The van der Waals surface area contributed by atoms with E-state index in [2.05, 4.69) is 0 Å². The van der Waals surface area contributed by atoms with Crippen LogP contribution >= 0.6 is 0 Å². The lowest BCUT2D eigenvalue weighted by Crippen LogP contribution is -2.14. The van der Waals surface area contributed by atoms with Crippen molar-refractivity contribution in [1.82, 2.24) is 0 Å². The number of rotatable bonds is 5. The molecule has 0 fully saturated rings. The van der Waals surface area contributed by atoms with E-state index in [4.69, 9.17) is 15.6 Å². The lowest BCUT2D eigenvalue weighted by molar-refractivity contribution is -0.137. The van der Waals surface area contributed by atoms with Gasteiger partial charge in [0.25, 0.3) is 0 Å². The first-order valence-electron chi connectivity index (χ1n) is 5.58. The molecule has 4 heteroatoms. The first-order valence-corrected chi connectivity index (χ1v) is 5.58. The number of carboxylic acids is 1. The molecule has 17 heavy (non-hydrogen) atoms. The third-order valence-electron chi connectivity index (χ3n) is 2.92. The summed E-state index contributed by atoms with van der Waals surface area (Å²) in [5.74, 6) is 0.00505. The van der Waals surface area contributed by atoms with Gasteiger partial charge in [0.15, 0.2) is 0 Å². The van der Waals surface area contributed by atoms with E-state index in [0.29, 0.717) is 6.42 Å². The number of carboxylic acid groups (broad SMARTS) is 1. The highest BCUT2D eigenvalue weighted by atomic mass is 16.5. The zero-order chi connectivity index (χ0) is 13.0. The van der Waals surface area contributed by atoms with Gasteiger partial charge in [0.2, 0.25) is 0 Å². The largest absolute Gasteiger partial charge is 0.496 e. The van der Waals surface area contributed by atoms with Gasteiger partial charge in [-0.25, -0.2) is 0 Å². The van der Waals surface area contributed by atoms with Crippen molar-refractivity contribution in [2.45, 2.75) is 32.7 Å². The van der Waals surface area contributed by atoms with Crippen LogP contribution in [0.2, 0.25) is 0 Å². The summed E-state index contributed by atoms with van der Waals surface area (Å²) in [4.78, 5) is 10.5. The third kappa shape index (κ3) is 3.20. The van der Waals surface area contributed by atoms with Crippen molar-refractivity contribution < 1.29 is 14.6 Å². The highest BCUT2D eigenvalue weighted by molar-refractivity contribution is 5.66. The predicted molar refractivity (Wildman–Crippen MR) is 66.3 cm³/mol. The molecule has 0 aliphatic carbocycles. The van der Waals surface area contributed by atoms with Gasteiger partial charge < -0.3 is 15.6 Å². The number of carbonyl (C=O) groups is 1. The van der Waals surface area contributed by atoms with Crippen LogP contribution in [0.5, 0.6) is 5.75 Å². The van der Waals surface area contributed by atoms with Crippen LogP contribution in [0.25, 0.3) is 0 Å². The number of hydrogen-bond donors (Lipinski definition) is 2. The van der Waals surface area contributed by atoms with Gasteiger partial charge in [0, 0.05) is 12.5 Å². The number of benzene rings is 1. The molecule has 1 atom stereocenters. The van der Waals surface area contributed by atoms with Crippen LogP contribution in [-0.4, -0.2) is 18.2 Å². The average molecular weight is 237 g/mol. The molecule has 0 aliphatic heterocycles. The zero-order valence-electron chi connectivity index (χ0n) is 10.5. The Kier molecular flexibility index (Phi) is 4.52. The van der Waals surface area contributed by atoms with Gasteiger partial charge in [-0.1, -0.05) is 12.1 Å². The summed E-state index contributed by atoms with van der Waals surface area (Å²) in [6, 6.07) is 3.63. The maximum absolute atomic E-state index is 10.5. The monoisotopic (exact) mass is 237 g/mol. The van der Waals surface area contributed by atoms with Crippen LogP contribution in [0, 0.1) is 13.8 Å². The third-order valence-corrected chi connectivity index (χ3v) is 2.92. The van der Waals surface area contributed by atoms with Gasteiger partial charge >= 0.3 is 5.97 Å². The summed E-state index contributed by atoms with van der Waals surface area (Å²) >= 11 is 0. The molecule has 1 rings (SSSR count). The number of nitrogens with two attached hydrogens (primary N) is 1. The number of aliphatic carboxylic acids is 1. The maximum Gasteiger partial charge on any atom is 0.303 e. The quantitative estimate of drug-likeness (QED) is 0.823. The number of aryl methyl sites for hydroxylation is 1. The fourth-order valence-corrected chi connectivity index (χ4v) is 1.99. The Labute approximate surface area is 101 Å². The summed E-state index contributed by atoms with van der Waals surface area (Å²) in [6.45, 7) is 3.92. The van der Waals surface area contributed by atoms with Crippen LogP contribution in [0.3, 0.4) is 0 Å². The first-order chi connectivity index (χ1) is 7.97. The molecule has 0 aliphatic rings. The lowest BCUT2D eigenvalue weighted by Gasteiger charge is -2.17. The fraction of sp³-hybridized carbons (Fsp3) is 0.462. The van der Waals surface area contributed by atoms with Crippen LogP contribution < -0.4 is 10.5 Å². The normalized spacial score (nSPS) is 12.2. The van der Waals surface area contributed by atoms with Gasteiger partial charge in [-0.15, -0.1) is 0 Å². The van der Waals surface area contributed by atoms with Crippen molar-refractivity contribution >= 4 is 5.97 Å². The maximum atomic E-state index is 10.5. The Balaban J connectivity index is 2.94. The summed E-state index contributed by atoms with van der Waals surface area (Å²) in [7, 11) is 1.63. The fourth-order valence-electron chi connectivity index (χ4n) is 1.99. The minimum atomic E-state index is -0.822. The summed E-state index contributed by atoms with van der Waals surface area (Å²) in [5, 5.41) is 8.64. The SMILES string of the molecule is COc1c(C)ccc(C(N)CCC(=O)O)c1C. The van der Waals surface area contributed by atoms with Gasteiger partial charge in [-0.05, 0) is 37.0 Å². The molecule has 0 saturated carbocycles. The first kappa shape index (κ1) is 13.5. The molecule has 1 aromatic carbocycles. The molecule has 0 radical (unpaired) electrons. The van der Waals surface area contributed by atoms with Crippen molar-refractivity contribution in [3.8, 4) is 5.75 Å². The number of ether oxygens (including phenoxy) is 1. The van der Waals surface area contributed by atoms with Crippen molar-refractivity contribution in [2.24, 2.45) is 5.73 Å². The Morgan fingerprint density at radius 2 is 2.12 bits per heavy atom. The minimum Gasteiger partial charge on any atom is -0.496 e. The molecule has 0 aromatic heterocycles. The van der Waals surface area contributed by atoms with E-state index in [1.54, 1.807) is 7.11 Å². The smallest absolute Gasteiger partial charge is 0.303 e. The second-order valence-electron chi connectivity index (χ2n) is 4.17. The number of methoxy groups -OCH3 is 1. The van der Waals surface area contributed by atoms with Gasteiger partial charge in [-0.3, -0.25) is 4.79 Å². The zero-order valence-corrected chi connectivity index (χ0v) is 10.5. The predicted octanol–water partition coefficient (Wildman–Crippen LogP) is 2.18. The number of hydrogen-bond acceptors (Lipinski definition) is 3. The molecule has 3 N–H and O–H groups in total. The van der Waals surface area contributed by atoms with E-state index in [9.17, 15) is 4.79 Å². The molecule has 0 heterocycles. The average Bonchev–Trinajstić information content (AvgIpc) is 2.26. The van der Waals surface area contributed by atoms with E-state index >= 15 is 0 Å². The lowest BCUT2D eigenvalue weighted by atomic mass is 9.95. The van der Waals surface area contributed by atoms with Crippen LogP contribution in [0.15, 0.2) is 12.1 Å². The standard InChI is InChI=1S/C13H19NO3/c1-8-4-5-10(9(2)13(8)17-3)11(14)6-7-12(15)16/h4-5,11H,6-7,14H2,1-3H3,(H,15,16). The minimum absolute atomic E-state index is 0.0802. The highest BCUT2D eigenvalue weighted by Gasteiger charge is 2.14. The van der Waals surface area contributed by atoms with E-state index < -0.39 is 5.97 Å². The molecular weight excluding hydrogens is 218 g/mol. The van der Waals surface area contributed by atoms with E-state index in [0.717, 1.165) is 22.4 Å². The summed E-state index contributed by atoms with van der Waals surface area (Å²) in [6.07, 6.45) is 0.513. The molecule has 94 valence electrons. The van der Waals surface area contributed by atoms with Crippen LogP contribution in [-0.2, 0) is 4.79 Å². The Morgan fingerprint density at radius 1 is 1.47 bits per heavy atom. The van der Waals surface area contributed by atoms with Crippen LogP contribution in [0.4, 0.5) is 0 Å². The van der Waals surface area contributed by atoms with Crippen molar-refractivity contribution in [3.05, 3.63) is 28.8 Å².